The topological polar surface area (TPSA) is 57.6 Å². The van der Waals surface area contributed by atoms with E-state index < -0.39 is 12.0 Å². The van der Waals surface area contributed by atoms with E-state index in [9.17, 15) is 14.7 Å². The van der Waals surface area contributed by atoms with Gasteiger partial charge in [-0.25, -0.2) is 4.79 Å². The second-order valence-electron chi connectivity index (χ2n) is 5.95. The Morgan fingerprint density at radius 3 is 2.76 bits per heavy atom. The van der Waals surface area contributed by atoms with Crippen molar-refractivity contribution in [3.63, 3.8) is 0 Å². The lowest BCUT2D eigenvalue weighted by Crippen LogP contribution is -2.44. The van der Waals surface area contributed by atoms with Crippen molar-refractivity contribution >= 4 is 27.8 Å². The molecule has 2 aliphatic rings. The van der Waals surface area contributed by atoms with Gasteiger partial charge in [0.15, 0.2) is 0 Å². The van der Waals surface area contributed by atoms with Crippen LogP contribution in [0.15, 0.2) is 28.7 Å². The molecule has 1 saturated heterocycles. The predicted octanol–water partition coefficient (Wildman–Crippen LogP) is 2.70. The van der Waals surface area contributed by atoms with E-state index in [1.54, 1.807) is 4.90 Å². The maximum absolute atomic E-state index is 12.6. The van der Waals surface area contributed by atoms with Crippen molar-refractivity contribution in [1.82, 2.24) is 4.90 Å². The summed E-state index contributed by atoms with van der Waals surface area (Å²) in [5.41, 5.74) is 0.906. The van der Waals surface area contributed by atoms with Crippen LogP contribution in [0.3, 0.4) is 0 Å². The van der Waals surface area contributed by atoms with Gasteiger partial charge >= 0.3 is 5.97 Å². The van der Waals surface area contributed by atoms with Crippen molar-refractivity contribution in [3.05, 3.63) is 34.3 Å². The molecular formula is C16H18BrNO3. The molecule has 1 amide bonds. The highest BCUT2D eigenvalue weighted by Crippen LogP contribution is 2.42. The molecule has 1 saturated carbocycles. The highest BCUT2D eigenvalue weighted by atomic mass is 79.9. The van der Waals surface area contributed by atoms with Gasteiger partial charge in [0, 0.05) is 11.0 Å². The fourth-order valence-electron chi connectivity index (χ4n) is 3.78. The number of aliphatic carboxylic acids is 1. The summed E-state index contributed by atoms with van der Waals surface area (Å²) >= 11 is 3.44. The zero-order valence-electron chi connectivity index (χ0n) is 11.7. The first-order valence-corrected chi connectivity index (χ1v) is 8.13. The monoisotopic (exact) mass is 351 g/mol. The van der Waals surface area contributed by atoms with E-state index in [0.29, 0.717) is 12.5 Å². The molecule has 1 aliphatic heterocycles. The van der Waals surface area contributed by atoms with Crippen molar-refractivity contribution in [2.75, 3.05) is 6.54 Å². The summed E-state index contributed by atoms with van der Waals surface area (Å²) in [7, 11) is 0. The lowest BCUT2D eigenvalue weighted by Gasteiger charge is -2.24. The molecule has 0 bridgehead atoms. The van der Waals surface area contributed by atoms with Crippen LogP contribution < -0.4 is 0 Å². The number of fused-ring (bicyclic) bond motifs is 1. The largest absolute Gasteiger partial charge is 0.480 e. The van der Waals surface area contributed by atoms with Crippen LogP contribution in [-0.4, -0.2) is 34.5 Å². The van der Waals surface area contributed by atoms with Gasteiger partial charge in [0.2, 0.25) is 5.91 Å². The van der Waals surface area contributed by atoms with E-state index in [1.807, 2.05) is 24.3 Å². The average Bonchev–Trinajstić information content (AvgIpc) is 3.00. The third kappa shape index (κ3) is 2.71. The molecule has 0 aromatic heterocycles. The molecule has 1 heterocycles. The standard InChI is InChI=1S/C16H18BrNO3/c17-13-7-2-1-4-10(13)8-14(19)18-9-11-5-3-6-12(11)15(18)16(20)21/h1-2,4,7,11-12,15H,3,5-6,8-9H2,(H,20,21). The molecule has 21 heavy (non-hydrogen) atoms. The Hall–Kier alpha value is -1.36. The molecule has 1 aliphatic carbocycles. The second-order valence-corrected chi connectivity index (χ2v) is 6.81. The first-order chi connectivity index (χ1) is 10.1. The van der Waals surface area contributed by atoms with Gasteiger partial charge in [0.1, 0.15) is 6.04 Å². The number of carboxylic acids is 1. The predicted molar refractivity (Wildman–Crippen MR) is 81.8 cm³/mol. The van der Waals surface area contributed by atoms with Crippen LogP contribution in [0.1, 0.15) is 24.8 Å². The number of hydrogen-bond acceptors (Lipinski definition) is 2. The van der Waals surface area contributed by atoms with Gasteiger partial charge < -0.3 is 10.0 Å². The minimum absolute atomic E-state index is 0.0799. The SMILES string of the molecule is O=C(O)C1C2CCCC2CN1C(=O)Cc1ccccc1Br. The van der Waals surface area contributed by atoms with Gasteiger partial charge in [-0.15, -0.1) is 0 Å². The molecule has 5 heteroatoms. The molecule has 3 atom stereocenters. The summed E-state index contributed by atoms with van der Waals surface area (Å²) in [6.45, 7) is 0.602. The maximum Gasteiger partial charge on any atom is 0.326 e. The lowest BCUT2D eigenvalue weighted by molar-refractivity contribution is -0.149. The maximum atomic E-state index is 12.6. The van der Waals surface area contributed by atoms with E-state index >= 15 is 0 Å². The summed E-state index contributed by atoms with van der Waals surface area (Å²) in [6, 6.07) is 6.96. The fraction of sp³-hybridized carbons (Fsp3) is 0.500. The quantitative estimate of drug-likeness (QED) is 0.910. The summed E-state index contributed by atoms with van der Waals surface area (Å²) in [5, 5.41) is 9.50. The zero-order valence-corrected chi connectivity index (χ0v) is 13.3. The third-order valence-corrected chi connectivity index (χ3v) is 5.54. The summed E-state index contributed by atoms with van der Waals surface area (Å²) in [6.07, 6.45) is 3.32. The molecule has 1 aromatic carbocycles. The van der Waals surface area contributed by atoms with Crippen molar-refractivity contribution < 1.29 is 14.7 Å². The minimum atomic E-state index is -0.857. The number of carboxylic acid groups (broad SMARTS) is 1. The van der Waals surface area contributed by atoms with Crippen molar-refractivity contribution in [2.45, 2.75) is 31.7 Å². The van der Waals surface area contributed by atoms with E-state index in [-0.39, 0.29) is 18.2 Å². The van der Waals surface area contributed by atoms with Gasteiger partial charge in [-0.2, -0.15) is 0 Å². The molecule has 0 spiro atoms. The molecule has 1 N–H and O–H groups in total. The number of carbonyl (C=O) groups is 2. The molecule has 112 valence electrons. The Morgan fingerprint density at radius 1 is 1.29 bits per heavy atom. The summed E-state index contributed by atoms with van der Waals surface area (Å²) < 4.78 is 0.893. The average molecular weight is 352 g/mol. The first-order valence-electron chi connectivity index (χ1n) is 7.33. The van der Waals surface area contributed by atoms with Crippen molar-refractivity contribution in [2.24, 2.45) is 11.8 Å². The van der Waals surface area contributed by atoms with E-state index in [1.165, 1.54) is 0 Å². The number of halogens is 1. The second kappa shape index (κ2) is 5.79. The van der Waals surface area contributed by atoms with Gasteiger partial charge in [-0.05, 0) is 36.3 Å². The van der Waals surface area contributed by atoms with Crippen LogP contribution >= 0.6 is 15.9 Å². The Balaban J connectivity index is 1.78. The molecule has 0 radical (unpaired) electrons. The Morgan fingerprint density at radius 2 is 2.05 bits per heavy atom. The molecule has 1 aromatic rings. The zero-order chi connectivity index (χ0) is 15.0. The number of rotatable bonds is 3. The fourth-order valence-corrected chi connectivity index (χ4v) is 4.21. The van der Waals surface area contributed by atoms with E-state index in [2.05, 4.69) is 15.9 Å². The number of amides is 1. The van der Waals surface area contributed by atoms with Crippen LogP contribution in [0, 0.1) is 11.8 Å². The smallest absolute Gasteiger partial charge is 0.326 e. The summed E-state index contributed by atoms with van der Waals surface area (Å²) in [4.78, 5) is 25.7. The Bertz CT molecular complexity index is 574. The normalized spacial score (nSPS) is 27.7. The highest BCUT2D eigenvalue weighted by Gasteiger charge is 2.49. The van der Waals surface area contributed by atoms with Crippen LogP contribution in [-0.2, 0) is 16.0 Å². The number of likely N-dealkylation sites (tertiary alicyclic amines) is 1. The Kier molecular flexibility index (Phi) is 4.02. The van der Waals surface area contributed by atoms with Gasteiger partial charge in [-0.3, -0.25) is 4.79 Å². The van der Waals surface area contributed by atoms with Gasteiger partial charge in [-0.1, -0.05) is 40.5 Å². The third-order valence-electron chi connectivity index (χ3n) is 4.76. The first kappa shape index (κ1) is 14.6. The Labute approximate surface area is 132 Å². The van der Waals surface area contributed by atoms with Crippen molar-refractivity contribution in [1.29, 1.82) is 0 Å². The van der Waals surface area contributed by atoms with Gasteiger partial charge in [0.05, 0.1) is 6.42 Å². The molecule has 3 unspecified atom stereocenters. The highest BCUT2D eigenvalue weighted by molar-refractivity contribution is 9.10. The number of hydrogen-bond donors (Lipinski definition) is 1. The van der Waals surface area contributed by atoms with E-state index in [4.69, 9.17) is 0 Å². The minimum Gasteiger partial charge on any atom is -0.480 e. The summed E-state index contributed by atoms with van der Waals surface area (Å²) in [5.74, 6) is -0.423. The molecular weight excluding hydrogens is 334 g/mol. The molecule has 4 nitrogen and oxygen atoms in total. The van der Waals surface area contributed by atoms with Crippen LogP contribution in [0.2, 0.25) is 0 Å². The molecule has 3 rings (SSSR count). The van der Waals surface area contributed by atoms with Crippen LogP contribution in [0.25, 0.3) is 0 Å². The van der Waals surface area contributed by atoms with Crippen LogP contribution in [0.5, 0.6) is 0 Å². The van der Waals surface area contributed by atoms with Crippen molar-refractivity contribution in [3.8, 4) is 0 Å². The van der Waals surface area contributed by atoms with Crippen LogP contribution in [0.4, 0.5) is 0 Å². The van der Waals surface area contributed by atoms with Gasteiger partial charge in [0.25, 0.3) is 0 Å². The molecule has 2 fully saturated rings. The number of carbonyl (C=O) groups excluding carboxylic acids is 1. The van der Waals surface area contributed by atoms with E-state index in [0.717, 1.165) is 29.3 Å². The lowest BCUT2D eigenvalue weighted by atomic mass is 9.94. The number of benzene rings is 1. The number of nitrogens with zero attached hydrogens (tertiary/aromatic N) is 1.